The van der Waals surface area contributed by atoms with Gasteiger partial charge in [0, 0.05) is 0 Å². The van der Waals surface area contributed by atoms with Gasteiger partial charge < -0.3 is 0 Å². The van der Waals surface area contributed by atoms with Gasteiger partial charge in [0.2, 0.25) is 0 Å². The van der Waals surface area contributed by atoms with E-state index in [-0.39, 0.29) is 40.8 Å². The number of carbonyl (C=O) groups excluding carboxylic acids is 4. The van der Waals surface area contributed by atoms with E-state index < -0.39 is 11.8 Å². The van der Waals surface area contributed by atoms with Crippen molar-refractivity contribution in [1.29, 1.82) is 0 Å². The molecule has 0 aliphatic heterocycles. The molecule has 36 heavy (non-hydrogen) atoms. The zero-order valence-corrected chi connectivity index (χ0v) is 26.1. The van der Waals surface area contributed by atoms with Gasteiger partial charge >= 0.3 is 209 Å². The SMILES string of the molecule is CI.CN(C)C(=O)c1[se]c(C(=O)N(C)C)c2ccccc12.NC(=O)c1[se]c(C(N)=O)c2ccccc12. The van der Waals surface area contributed by atoms with Crippen LogP contribution >= 0.6 is 22.6 Å². The number of hydrogen-bond donors (Lipinski definition) is 2. The molecule has 2 aromatic carbocycles. The van der Waals surface area contributed by atoms with Crippen molar-refractivity contribution < 1.29 is 19.2 Å². The van der Waals surface area contributed by atoms with Crippen molar-refractivity contribution in [3.63, 3.8) is 0 Å². The van der Waals surface area contributed by atoms with Crippen molar-refractivity contribution >= 4 is 96.8 Å². The van der Waals surface area contributed by atoms with E-state index in [1.165, 1.54) is 0 Å². The molecule has 0 saturated heterocycles. The average Bonchev–Trinajstić information content (AvgIpc) is 3.44. The summed E-state index contributed by atoms with van der Waals surface area (Å²) in [5, 5.41) is 3.32. The van der Waals surface area contributed by atoms with Crippen LogP contribution < -0.4 is 11.5 Å². The Bertz CT molecular complexity index is 1320. The molecule has 0 aliphatic carbocycles. The molecule has 4 amide bonds. The van der Waals surface area contributed by atoms with Gasteiger partial charge in [-0.05, 0) is 4.93 Å². The number of nitrogens with two attached hydrogens (primary N) is 2. The van der Waals surface area contributed by atoms with Crippen LogP contribution in [0.3, 0.4) is 0 Å². The first-order valence-corrected chi connectivity index (χ1v) is 16.1. The number of rotatable bonds is 4. The fourth-order valence-electron chi connectivity index (χ4n) is 3.27. The normalized spacial score (nSPS) is 10.1. The average molecular weight is 732 g/mol. The summed E-state index contributed by atoms with van der Waals surface area (Å²) in [4.78, 5) is 51.9. The van der Waals surface area contributed by atoms with Gasteiger partial charge in [-0.2, -0.15) is 0 Å². The standard InChI is InChI=1S/C14H16N2O2Se.C10H8N2O2Se.CH3I/c1-15(2)13(17)11-9-7-5-6-8-10(9)12(19-11)14(18)16(3)4;11-9(13)7-5-3-1-2-4-6(5)8(15-7)10(12)14;1-2/h5-8H,1-4H3;1-4H,(H2,11,13)(H2,12,14);1H3. The van der Waals surface area contributed by atoms with E-state index in [1.807, 2.05) is 41.3 Å². The summed E-state index contributed by atoms with van der Waals surface area (Å²) in [6.07, 6.45) is 0. The molecule has 4 rings (SSSR count). The Morgan fingerprint density at radius 2 is 0.833 bits per heavy atom. The maximum atomic E-state index is 12.2. The number of fused-ring (bicyclic) bond motifs is 2. The number of alkyl halides is 1. The second-order valence-electron chi connectivity index (χ2n) is 7.74. The Morgan fingerprint density at radius 1 is 0.583 bits per heavy atom. The molecule has 0 bridgehead atoms. The number of nitrogens with zero attached hydrogens (tertiary/aromatic N) is 2. The molecule has 0 unspecified atom stereocenters. The molecule has 4 aromatic rings. The Labute approximate surface area is 235 Å². The molecular formula is C25H27IN4O4Se2. The van der Waals surface area contributed by atoms with Gasteiger partial charge in [-0.15, -0.1) is 0 Å². The van der Waals surface area contributed by atoms with Gasteiger partial charge in [-0.1, -0.05) is 22.6 Å². The van der Waals surface area contributed by atoms with Gasteiger partial charge in [-0.25, -0.2) is 0 Å². The summed E-state index contributed by atoms with van der Waals surface area (Å²) in [7, 11) is 6.94. The minimum atomic E-state index is -0.473. The molecular weight excluding hydrogens is 705 g/mol. The van der Waals surface area contributed by atoms with Crippen molar-refractivity contribution in [2.45, 2.75) is 0 Å². The van der Waals surface area contributed by atoms with Gasteiger partial charge in [0.25, 0.3) is 0 Å². The first-order valence-electron chi connectivity index (χ1n) is 10.5. The second-order valence-corrected chi connectivity index (χ2v) is 12.0. The summed E-state index contributed by atoms with van der Waals surface area (Å²) in [6.45, 7) is 0. The predicted octanol–water partition coefficient (Wildman–Crippen LogP) is 2.45. The van der Waals surface area contributed by atoms with E-state index in [2.05, 4.69) is 22.6 Å². The van der Waals surface area contributed by atoms with Crippen molar-refractivity contribution in [3.8, 4) is 0 Å². The molecule has 0 aliphatic rings. The minimum absolute atomic E-state index is 0.00555. The Balaban J connectivity index is 0.000000243. The molecule has 2 heterocycles. The molecule has 0 atom stereocenters. The zero-order valence-electron chi connectivity index (χ0n) is 20.5. The van der Waals surface area contributed by atoms with Crippen LogP contribution in [-0.2, 0) is 0 Å². The van der Waals surface area contributed by atoms with E-state index in [9.17, 15) is 19.2 Å². The maximum absolute atomic E-state index is 12.2. The van der Waals surface area contributed by atoms with E-state index in [0.29, 0.717) is 8.87 Å². The molecule has 190 valence electrons. The van der Waals surface area contributed by atoms with Crippen LogP contribution in [0.25, 0.3) is 21.5 Å². The molecule has 0 saturated carbocycles. The van der Waals surface area contributed by atoms with Crippen LogP contribution in [0.5, 0.6) is 0 Å². The number of benzene rings is 2. The summed E-state index contributed by atoms with van der Waals surface area (Å²) in [5.41, 5.74) is 10.5. The Morgan fingerprint density at radius 3 is 1.08 bits per heavy atom. The molecule has 4 N–H and O–H groups in total. The number of halogens is 1. The van der Waals surface area contributed by atoms with E-state index >= 15 is 0 Å². The fourth-order valence-corrected chi connectivity index (χ4v) is 8.10. The van der Waals surface area contributed by atoms with Crippen molar-refractivity contribution in [3.05, 3.63) is 66.3 Å². The summed E-state index contributed by atoms with van der Waals surface area (Å²) >= 11 is 1.56. The van der Waals surface area contributed by atoms with E-state index in [0.717, 1.165) is 30.4 Å². The van der Waals surface area contributed by atoms with Crippen LogP contribution in [0.1, 0.15) is 36.9 Å². The summed E-state index contributed by atoms with van der Waals surface area (Å²) in [5.74, 6) is -0.958. The van der Waals surface area contributed by atoms with Crippen LogP contribution in [0, 0.1) is 0 Å². The fraction of sp³-hybridized carbons (Fsp3) is 0.200. The second kappa shape index (κ2) is 13.2. The molecule has 0 fully saturated rings. The number of amides is 4. The molecule has 8 nitrogen and oxygen atoms in total. The monoisotopic (exact) mass is 734 g/mol. The zero-order chi connectivity index (χ0) is 27.2. The van der Waals surface area contributed by atoms with Crippen molar-refractivity contribution in [2.75, 3.05) is 33.1 Å². The first kappa shape index (κ1) is 29.8. The third-order valence-electron chi connectivity index (χ3n) is 4.89. The third-order valence-corrected chi connectivity index (χ3v) is 10.0. The molecule has 2 aromatic heterocycles. The van der Waals surface area contributed by atoms with E-state index in [4.69, 9.17) is 11.5 Å². The molecule has 0 spiro atoms. The molecule has 0 radical (unpaired) electrons. The Hall–Kier alpha value is -2.43. The predicted molar refractivity (Wildman–Crippen MR) is 155 cm³/mol. The van der Waals surface area contributed by atoms with Gasteiger partial charge in [0.15, 0.2) is 0 Å². The first-order chi connectivity index (χ1) is 17.0. The van der Waals surface area contributed by atoms with Crippen LogP contribution in [0.4, 0.5) is 0 Å². The van der Waals surface area contributed by atoms with Crippen molar-refractivity contribution in [2.24, 2.45) is 11.5 Å². The quantitative estimate of drug-likeness (QED) is 0.190. The summed E-state index contributed by atoms with van der Waals surface area (Å²) < 4.78 is 2.57. The third kappa shape index (κ3) is 6.46. The van der Waals surface area contributed by atoms with Crippen molar-refractivity contribution in [1.82, 2.24) is 9.80 Å². The van der Waals surface area contributed by atoms with Gasteiger partial charge in [0.05, 0.1) is 0 Å². The number of carbonyl (C=O) groups is 4. The molecule has 11 heteroatoms. The topological polar surface area (TPSA) is 127 Å². The van der Waals surface area contributed by atoms with Crippen LogP contribution in [0.2, 0.25) is 0 Å². The van der Waals surface area contributed by atoms with Crippen LogP contribution in [-0.4, -0.2) is 95.6 Å². The van der Waals surface area contributed by atoms with Gasteiger partial charge in [0.1, 0.15) is 0 Å². The number of hydrogen-bond acceptors (Lipinski definition) is 4. The van der Waals surface area contributed by atoms with E-state index in [1.54, 1.807) is 50.1 Å². The Kier molecular flexibility index (Phi) is 10.9. The summed E-state index contributed by atoms with van der Waals surface area (Å²) in [6, 6.07) is 14.8. The van der Waals surface area contributed by atoms with Crippen LogP contribution in [0.15, 0.2) is 48.5 Å². The van der Waals surface area contributed by atoms with Gasteiger partial charge in [-0.3, -0.25) is 0 Å². The number of primary amides is 2.